The average molecular weight is 154 g/mol. The molecule has 66 valence electrons. The van der Waals surface area contributed by atoms with Crippen LogP contribution in [0.25, 0.3) is 0 Å². The summed E-state index contributed by atoms with van der Waals surface area (Å²) in [4.78, 5) is 0. The molecule has 0 aliphatic rings. The third-order valence-corrected chi connectivity index (χ3v) is 2.33. The molecular weight excluding hydrogens is 132 g/mol. The van der Waals surface area contributed by atoms with E-state index in [9.17, 15) is 0 Å². The molecule has 0 nitrogen and oxygen atoms in total. The van der Waals surface area contributed by atoms with Gasteiger partial charge >= 0.3 is 0 Å². The fourth-order valence-electron chi connectivity index (χ4n) is 1.14. The summed E-state index contributed by atoms with van der Waals surface area (Å²) < 4.78 is 0. The van der Waals surface area contributed by atoms with Gasteiger partial charge in [0.25, 0.3) is 0 Å². The first kappa shape index (κ1) is 10.7. The van der Waals surface area contributed by atoms with Gasteiger partial charge in [-0.25, -0.2) is 0 Å². The predicted octanol–water partition coefficient (Wildman–Crippen LogP) is 4.02. The molecule has 0 aromatic carbocycles. The van der Waals surface area contributed by atoms with Crippen LogP contribution in [0.3, 0.4) is 0 Å². The number of hydrogen-bond acceptors (Lipinski definition) is 0. The van der Waals surface area contributed by atoms with E-state index in [2.05, 4.69) is 34.3 Å². The van der Waals surface area contributed by atoms with Gasteiger partial charge in [0.15, 0.2) is 0 Å². The first-order valence-corrected chi connectivity index (χ1v) is 4.75. The summed E-state index contributed by atoms with van der Waals surface area (Å²) in [6.45, 7) is 13.1. The van der Waals surface area contributed by atoms with E-state index < -0.39 is 0 Å². The van der Waals surface area contributed by atoms with Crippen molar-refractivity contribution in [1.29, 1.82) is 0 Å². The van der Waals surface area contributed by atoms with Crippen LogP contribution in [-0.2, 0) is 0 Å². The fraction of sp³-hybridized carbons (Fsp3) is 0.818. The van der Waals surface area contributed by atoms with Crippen molar-refractivity contribution in [3.8, 4) is 0 Å². The molecule has 0 heteroatoms. The molecule has 0 aromatic heterocycles. The summed E-state index contributed by atoms with van der Waals surface area (Å²) in [5.41, 5.74) is 1.41. The van der Waals surface area contributed by atoms with Gasteiger partial charge in [0, 0.05) is 0 Å². The second-order valence-corrected chi connectivity index (χ2v) is 3.88. The van der Waals surface area contributed by atoms with E-state index >= 15 is 0 Å². The van der Waals surface area contributed by atoms with Gasteiger partial charge in [-0.05, 0) is 24.7 Å². The lowest BCUT2D eigenvalue weighted by atomic mass is 9.92. The molecule has 0 fully saturated rings. The molecule has 1 unspecified atom stereocenters. The maximum atomic E-state index is 4.05. The zero-order chi connectivity index (χ0) is 8.85. The smallest absolute Gasteiger partial charge is 0.0234 e. The Morgan fingerprint density at radius 1 is 1.18 bits per heavy atom. The van der Waals surface area contributed by atoms with Gasteiger partial charge in [-0.1, -0.05) is 46.3 Å². The van der Waals surface area contributed by atoms with Crippen molar-refractivity contribution < 1.29 is 0 Å². The van der Waals surface area contributed by atoms with Crippen LogP contribution in [0.4, 0.5) is 0 Å². The monoisotopic (exact) mass is 154 g/mol. The van der Waals surface area contributed by atoms with Crippen molar-refractivity contribution in [2.75, 3.05) is 0 Å². The highest BCUT2D eigenvalue weighted by atomic mass is 14.1. The summed E-state index contributed by atoms with van der Waals surface area (Å²) in [6, 6.07) is 0. The summed E-state index contributed by atoms with van der Waals surface area (Å²) in [5, 5.41) is 0. The Balaban J connectivity index is 3.52. The molecule has 1 atom stereocenters. The number of allylic oxidation sites excluding steroid dienone is 1. The summed E-state index contributed by atoms with van der Waals surface area (Å²) in [7, 11) is 0. The lowest BCUT2D eigenvalue weighted by molar-refractivity contribution is 0.484. The van der Waals surface area contributed by atoms with Crippen LogP contribution in [0.5, 0.6) is 0 Å². The largest absolute Gasteiger partial charge is 0.0996 e. The molecule has 0 spiro atoms. The van der Waals surface area contributed by atoms with E-state index in [0.29, 0.717) is 0 Å². The van der Waals surface area contributed by atoms with Crippen molar-refractivity contribution in [3.63, 3.8) is 0 Å². The second kappa shape index (κ2) is 5.40. The molecule has 0 heterocycles. The maximum absolute atomic E-state index is 4.05. The van der Waals surface area contributed by atoms with E-state index in [1.54, 1.807) is 0 Å². The highest BCUT2D eigenvalue weighted by Crippen LogP contribution is 2.19. The Hall–Kier alpha value is -0.260. The molecule has 0 saturated heterocycles. The molecule has 0 aromatic rings. The number of hydrogen-bond donors (Lipinski definition) is 0. The van der Waals surface area contributed by atoms with Gasteiger partial charge in [-0.2, -0.15) is 0 Å². The minimum Gasteiger partial charge on any atom is -0.0996 e. The highest BCUT2D eigenvalue weighted by molar-refractivity contribution is 4.97. The lowest BCUT2D eigenvalue weighted by Gasteiger charge is -2.14. The van der Waals surface area contributed by atoms with Gasteiger partial charge in [0.2, 0.25) is 0 Å². The normalized spacial score (nSPS) is 13.5. The van der Waals surface area contributed by atoms with E-state index in [1.807, 2.05) is 0 Å². The van der Waals surface area contributed by atoms with Gasteiger partial charge < -0.3 is 0 Å². The SMILES string of the molecule is C=C(CC)C(C)CCC(C)C. The first-order valence-electron chi connectivity index (χ1n) is 4.75. The molecule has 0 amide bonds. The van der Waals surface area contributed by atoms with E-state index in [0.717, 1.165) is 18.3 Å². The van der Waals surface area contributed by atoms with Gasteiger partial charge in [-0.15, -0.1) is 0 Å². The van der Waals surface area contributed by atoms with Gasteiger partial charge in [0.05, 0.1) is 0 Å². The van der Waals surface area contributed by atoms with Crippen molar-refractivity contribution in [2.45, 2.75) is 47.0 Å². The molecule has 0 N–H and O–H groups in total. The molecule has 0 rings (SSSR count). The highest BCUT2D eigenvalue weighted by Gasteiger charge is 2.05. The van der Waals surface area contributed by atoms with Crippen LogP contribution in [0.15, 0.2) is 12.2 Å². The zero-order valence-corrected chi connectivity index (χ0v) is 8.48. The summed E-state index contributed by atoms with van der Waals surface area (Å²) in [6.07, 6.45) is 3.78. The third-order valence-electron chi connectivity index (χ3n) is 2.33. The van der Waals surface area contributed by atoms with E-state index in [4.69, 9.17) is 0 Å². The van der Waals surface area contributed by atoms with Crippen molar-refractivity contribution in [2.24, 2.45) is 11.8 Å². The van der Waals surface area contributed by atoms with Crippen LogP contribution in [-0.4, -0.2) is 0 Å². The minimum absolute atomic E-state index is 0.724. The fourth-order valence-corrected chi connectivity index (χ4v) is 1.14. The maximum Gasteiger partial charge on any atom is -0.0234 e. The average Bonchev–Trinajstić information content (AvgIpc) is 1.98. The van der Waals surface area contributed by atoms with Crippen LogP contribution >= 0.6 is 0 Å². The quantitative estimate of drug-likeness (QED) is 0.524. The standard InChI is InChI=1S/C11H22/c1-6-10(4)11(5)8-7-9(2)3/h9,11H,4,6-8H2,1-3,5H3. The first-order chi connectivity index (χ1) is 5.07. The lowest BCUT2D eigenvalue weighted by Crippen LogP contribution is -1.99. The Bertz CT molecular complexity index is 111. The van der Waals surface area contributed by atoms with Gasteiger partial charge in [-0.3, -0.25) is 0 Å². The molecule has 0 radical (unpaired) electrons. The predicted molar refractivity (Wildman–Crippen MR) is 52.7 cm³/mol. The Morgan fingerprint density at radius 3 is 2.09 bits per heavy atom. The van der Waals surface area contributed by atoms with Crippen molar-refractivity contribution in [1.82, 2.24) is 0 Å². The zero-order valence-electron chi connectivity index (χ0n) is 8.48. The van der Waals surface area contributed by atoms with Crippen LogP contribution in [0.2, 0.25) is 0 Å². The van der Waals surface area contributed by atoms with E-state index in [-0.39, 0.29) is 0 Å². The topological polar surface area (TPSA) is 0 Å². The number of rotatable bonds is 5. The van der Waals surface area contributed by atoms with Crippen LogP contribution in [0, 0.1) is 11.8 Å². The molecule has 11 heavy (non-hydrogen) atoms. The van der Waals surface area contributed by atoms with E-state index in [1.165, 1.54) is 18.4 Å². The molecular formula is C11H22. The van der Waals surface area contributed by atoms with Crippen molar-refractivity contribution >= 4 is 0 Å². The molecule has 0 saturated carbocycles. The van der Waals surface area contributed by atoms with Gasteiger partial charge in [0.1, 0.15) is 0 Å². The molecule has 0 aliphatic heterocycles. The van der Waals surface area contributed by atoms with Crippen LogP contribution in [0.1, 0.15) is 47.0 Å². The minimum atomic E-state index is 0.724. The molecule has 0 bridgehead atoms. The Labute approximate surface area is 71.7 Å². The Morgan fingerprint density at radius 2 is 1.73 bits per heavy atom. The second-order valence-electron chi connectivity index (χ2n) is 3.88. The summed E-state index contributed by atoms with van der Waals surface area (Å²) in [5.74, 6) is 1.56. The van der Waals surface area contributed by atoms with Crippen molar-refractivity contribution in [3.05, 3.63) is 12.2 Å². The van der Waals surface area contributed by atoms with Crippen LogP contribution < -0.4 is 0 Å². The third kappa shape index (κ3) is 5.06. The summed E-state index contributed by atoms with van der Waals surface area (Å²) >= 11 is 0. The Kier molecular flexibility index (Phi) is 5.27. The molecule has 0 aliphatic carbocycles.